The number of nitrogens with one attached hydrogen (secondary N) is 2. The lowest BCUT2D eigenvalue weighted by Crippen LogP contribution is -2.40. The van der Waals surface area contributed by atoms with Crippen molar-refractivity contribution in [3.05, 3.63) is 0 Å². The van der Waals surface area contributed by atoms with Gasteiger partial charge in [0.1, 0.15) is 0 Å². The lowest BCUT2D eigenvalue weighted by atomic mass is 10.2. The van der Waals surface area contributed by atoms with Crippen LogP contribution < -0.4 is 10.6 Å². The average molecular weight is 216 g/mol. The molecule has 0 radical (unpaired) electrons. The Morgan fingerprint density at radius 1 is 1.14 bits per heavy atom. The molecule has 14 heavy (non-hydrogen) atoms. The van der Waals surface area contributed by atoms with Gasteiger partial charge >= 0.3 is 0 Å². The number of aliphatic hydroxyl groups excluding tert-OH is 2. The van der Waals surface area contributed by atoms with E-state index in [1.54, 1.807) is 0 Å². The summed E-state index contributed by atoms with van der Waals surface area (Å²) in [6.07, 6.45) is -6.28. The van der Waals surface area contributed by atoms with Crippen LogP contribution in [0.5, 0.6) is 0 Å². The number of rotatable bonds is 9. The zero-order valence-corrected chi connectivity index (χ0v) is 7.72. The molecular formula is C10H24N2O2. The van der Waals surface area contributed by atoms with Crippen LogP contribution in [0.15, 0.2) is 0 Å². The van der Waals surface area contributed by atoms with E-state index in [2.05, 4.69) is 10.6 Å². The van der Waals surface area contributed by atoms with Gasteiger partial charge < -0.3 is 20.8 Å². The third-order valence-corrected chi connectivity index (χ3v) is 1.42. The molecule has 0 bridgehead atoms. The van der Waals surface area contributed by atoms with Gasteiger partial charge in [-0.15, -0.1) is 0 Å². The molecule has 0 heterocycles. The normalized spacial score (nSPS) is 36.4. The fourth-order valence-electron chi connectivity index (χ4n) is 0.706. The first-order valence-corrected chi connectivity index (χ1v) is 4.05. The highest BCUT2D eigenvalue weighted by molar-refractivity contribution is 4.67. The van der Waals surface area contributed by atoms with Crippen LogP contribution in [-0.4, -0.2) is 48.6 Å². The third kappa shape index (κ3) is 6.32. The van der Waals surface area contributed by atoms with Crippen LogP contribution in [0.2, 0.25) is 0 Å². The minimum absolute atomic E-state index is 0.419. The van der Waals surface area contributed by atoms with Crippen molar-refractivity contribution in [2.45, 2.75) is 38.5 Å². The van der Waals surface area contributed by atoms with Gasteiger partial charge in [-0.1, -0.05) is 13.7 Å². The summed E-state index contributed by atoms with van der Waals surface area (Å²) in [5.41, 5.74) is 0. The molecule has 0 saturated heterocycles. The van der Waals surface area contributed by atoms with Crippen LogP contribution in [0, 0.1) is 0 Å². The van der Waals surface area contributed by atoms with Crippen molar-refractivity contribution in [2.75, 3.05) is 26.3 Å². The molecule has 4 N–H and O–H groups in total. The molecule has 0 aliphatic carbocycles. The van der Waals surface area contributed by atoms with E-state index in [1.165, 1.54) is 0 Å². The monoisotopic (exact) mass is 216 g/mol. The molecule has 0 saturated carbocycles. The van der Waals surface area contributed by atoms with E-state index < -0.39 is 64.8 Å². The summed E-state index contributed by atoms with van der Waals surface area (Å²) in [6, 6.07) is -5.26. The van der Waals surface area contributed by atoms with Crippen molar-refractivity contribution >= 4 is 0 Å². The first kappa shape index (κ1) is 3.70. The predicted octanol–water partition coefficient (Wildman–Crippen LogP) is -0.293. The molecule has 0 aromatic carbocycles. The quantitative estimate of drug-likeness (QED) is 0.400. The summed E-state index contributed by atoms with van der Waals surface area (Å²) in [5.74, 6) is 0. The van der Waals surface area contributed by atoms with E-state index in [-0.39, 0.29) is 0 Å². The molecule has 86 valence electrons. The summed E-state index contributed by atoms with van der Waals surface area (Å²) < 4.78 is 88.9. The molecule has 0 aromatic heterocycles. The second-order valence-electron chi connectivity index (χ2n) is 2.38. The van der Waals surface area contributed by atoms with Crippen LogP contribution in [0.3, 0.4) is 0 Å². The Labute approximate surface area is 104 Å². The van der Waals surface area contributed by atoms with Gasteiger partial charge in [0.15, 0.2) is 0 Å². The third-order valence-electron chi connectivity index (χ3n) is 1.42. The molecule has 0 unspecified atom stereocenters. The Morgan fingerprint density at radius 3 is 1.86 bits per heavy atom. The fraction of sp³-hybridized carbons (Fsp3) is 1.00. The SMILES string of the molecule is [2H]C([2H])([2H])C([2H])([2H])[C@]([2H])(CO)NCCN[C@@]([2H])(CO)C([2H])([2H])C([2H])([2H])[2H]. The number of aliphatic hydroxyl groups is 2. The first-order valence-electron chi connectivity index (χ1n) is 10.0. The van der Waals surface area contributed by atoms with Gasteiger partial charge in [-0.05, 0) is 12.7 Å². The second-order valence-corrected chi connectivity index (χ2v) is 2.38. The Morgan fingerprint density at radius 2 is 1.57 bits per heavy atom. The van der Waals surface area contributed by atoms with Crippen molar-refractivity contribution < 1.29 is 26.7 Å². The van der Waals surface area contributed by atoms with E-state index in [1.807, 2.05) is 0 Å². The zero-order valence-electron chi connectivity index (χ0n) is 19.7. The molecular weight excluding hydrogens is 180 g/mol. The van der Waals surface area contributed by atoms with Gasteiger partial charge in [-0.25, -0.2) is 0 Å². The maximum atomic E-state index is 9.25. The Hall–Kier alpha value is -0.160. The number of hydrogen-bond donors (Lipinski definition) is 4. The van der Waals surface area contributed by atoms with E-state index in [0.29, 0.717) is 0 Å². The zero-order chi connectivity index (χ0) is 21.2. The van der Waals surface area contributed by atoms with Crippen molar-refractivity contribution in [3.63, 3.8) is 0 Å². The lowest BCUT2D eigenvalue weighted by Gasteiger charge is -2.17. The Kier molecular flexibility index (Phi) is 2.48. The van der Waals surface area contributed by atoms with Crippen molar-refractivity contribution in [1.82, 2.24) is 10.6 Å². The maximum absolute atomic E-state index is 9.25. The smallest absolute Gasteiger partial charge is 0.0584 e. The standard InChI is InChI=1S/C10H24N2O2/c1-3-9(7-13)11-5-6-12-10(4-2)8-14/h9-14H,3-8H2,1-2H3/t9-,10-/m1/s1/i1D3,2D3,3D2,4D2,9D,10D. The van der Waals surface area contributed by atoms with E-state index >= 15 is 0 Å². The molecule has 0 aliphatic heterocycles. The molecule has 0 spiro atoms. The van der Waals surface area contributed by atoms with Gasteiger partial charge in [-0.3, -0.25) is 0 Å². The summed E-state index contributed by atoms with van der Waals surface area (Å²) in [7, 11) is 0. The molecule has 2 atom stereocenters. The van der Waals surface area contributed by atoms with Crippen LogP contribution in [0.1, 0.15) is 42.9 Å². The molecule has 4 heteroatoms. The van der Waals surface area contributed by atoms with Gasteiger partial charge in [-0.2, -0.15) is 0 Å². The lowest BCUT2D eigenvalue weighted by molar-refractivity contribution is 0.229. The van der Waals surface area contributed by atoms with E-state index in [0.717, 1.165) is 0 Å². The Bertz CT molecular complexity index is 426. The number of hydrogen-bond acceptors (Lipinski definition) is 4. The first-order chi connectivity index (χ1) is 11.3. The minimum atomic E-state index is -3.22. The van der Waals surface area contributed by atoms with Crippen molar-refractivity contribution in [1.29, 1.82) is 0 Å². The minimum Gasteiger partial charge on any atom is -0.395 e. The van der Waals surface area contributed by atoms with Gasteiger partial charge in [0, 0.05) is 41.6 Å². The maximum Gasteiger partial charge on any atom is 0.0584 e. The van der Waals surface area contributed by atoms with Crippen LogP contribution in [-0.2, 0) is 0 Å². The molecule has 4 nitrogen and oxygen atoms in total. The van der Waals surface area contributed by atoms with Crippen LogP contribution in [0.25, 0.3) is 0 Å². The summed E-state index contributed by atoms with van der Waals surface area (Å²) in [5, 5.41) is 22.8. The molecule has 0 rings (SSSR count). The van der Waals surface area contributed by atoms with E-state index in [4.69, 9.17) is 16.4 Å². The second kappa shape index (κ2) is 9.40. The predicted molar refractivity (Wildman–Crippen MR) is 58.3 cm³/mol. The van der Waals surface area contributed by atoms with Crippen LogP contribution >= 0.6 is 0 Å². The average Bonchev–Trinajstić information content (AvgIpc) is 2.48. The highest BCUT2D eigenvalue weighted by Gasteiger charge is 2.04. The molecule has 0 aliphatic rings. The van der Waals surface area contributed by atoms with Crippen molar-refractivity contribution in [3.8, 4) is 0 Å². The van der Waals surface area contributed by atoms with Gasteiger partial charge in [0.05, 0.1) is 13.2 Å². The highest BCUT2D eigenvalue weighted by atomic mass is 16.3. The van der Waals surface area contributed by atoms with Crippen LogP contribution in [0.4, 0.5) is 0 Å². The molecule has 0 amide bonds. The van der Waals surface area contributed by atoms with Gasteiger partial charge in [0.2, 0.25) is 0 Å². The fourth-order valence-corrected chi connectivity index (χ4v) is 0.706. The topological polar surface area (TPSA) is 64.5 Å². The van der Waals surface area contributed by atoms with Gasteiger partial charge in [0.25, 0.3) is 0 Å². The summed E-state index contributed by atoms with van der Waals surface area (Å²) in [4.78, 5) is 0. The summed E-state index contributed by atoms with van der Waals surface area (Å²) in [6.45, 7) is -9.67. The highest BCUT2D eigenvalue weighted by Crippen LogP contribution is 1.89. The largest absolute Gasteiger partial charge is 0.395 e. The van der Waals surface area contributed by atoms with E-state index in [9.17, 15) is 10.2 Å². The molecule has 0 fully saturated rings. The van der Waals surface area contributed by atoms with Crippen molar-refractivity contribution in [2.24, 2.45) is 0 Å². The summed E-state index contributed by atoms with van der Waals surface area (Å²) >= 11 is 0. The Balaban J connectivity index is 5.11. The molecule has 0 aromatic rings.